The molecule has 1 fully saturated rings. The summed E-state index contributed by atoms with van der Waals surface area (Å²) in [6, 6.07) is 7.61. The Balaban J connectivity index is 1.61. The van der Waals surface area contributed by atoms with Crippen LogP contribution in [0.15, 0.2) is 41.3 Å². The number of rotatable bonds is 5. The van der Waals surface area contributed by atoms with Crippen LogP contribution in [-0.2, 0) is 0 Å². The van der Waals surface area contributed by atoms with Gasteiger partial charge in [0, 0.05) is 43.3 Å². The van der Waals surface area contributed by atoms with Crippen molar-refractivity contribution in [2.45, 2.75) is 19.4 Å². The lowest BCUT2D eigenvalue weighted by molar-refractivity contribution is 0.0472. The fraction of sp³-hybridized carbons (Fsp3) is 0.444. The molecule has 1 N–H and O–H groups in total. The molecule has 1 amide bonds. The van der Waals surface area contributed by atoms with Crippen molar-refractivity contribution in [3.8, 4) is 11.3 Å². The predicted octanol–water partition coefficient (Wildman–Crippen LogP) is 1.87. The lowest BCUT2D eigenvalue weighted by Gasteiger charge is -2.38. The van der Waals surface area contributed by atoms with Gasteiger partial charge in [0.05, 0.1) is 12.8 Å². The Hall–Kier alpha value is -2.18. The first-order chi connectivity index (χ1) is 11.7. The van der Waals surface area contributed by atoms with Crippen molar-refractivity contribution in [1.82, 2.24) is 14.8 Å². The van der Waals surface area contributed by atoms with Crippen molar-refractivity contribution < 1.29 is 14.3 Å². The smallest absolute Gasteiger partial charge is 0.253 e. The number of oxazole rings is 1. The lowest BCUT2D eigenvalue weighted by atomic mass is 10.1. The summed E-state index contributed by atoms with van der Waals surface area (Å²) in [7, 11) is 0. The van der Waals surface area contributed by atoms with E-state index in [0.717, 1.165) is 25.1 Å². The Morgan fingerprint density at radius 1 is 1.25 bits per heavy atom. The maximum atomic E-state index is 12.6. The number of nitrogens with zero attached hydrogens (tertiary/aromatic N) is 3. The van der Waals surface area contributed by atoms with Gasteiger partial charge in [-0.2, -0.15) is 0 Å². The van der Waals surface area contributed by atoms with Crippen molar-refractivity contribution >= 4 is 5.91 Å². The molecule has 1 saturated heterocycles. The van der Waals surface area contributed by atoms with E-state index in [0.29, 0.717) is 24.4 Å². The van der Waals surface area contributed by atoms with Crippen molar-refractivity contribution in [3.63, 3.8) is 0 Å². The van der Waals surface area contributed by atoms with Gasteiger partial charge in [0.1, 0.15) is 0 Å². The van der Waals surface area contributed by atoms with Crippen LogP contribution >= 0.6 is 0 Å². The summed E-state index contributed by atoms with van der Waals surface area (Å²) in [6.45, 7) is 5.25. The van der Waals surface area contributed by atoms with E-state index in [4.69, 9.17) is 4.42 Å². The summed E-state index contributed by atoms with van der Waals surface area (Å²) < 4.78 is 5.26. The monoisotopic (exact) mass is 329 g/mol. The summed E-state index contributed by atoms with van der Waals surface area (Å²) in [4.78, 5) is 20.7. The molecule has 3 rings (SSSR count). The van der Waals surface area contributed by atoms with E-state index in [-0.39, 0.29) is 18.6 Å². The van der Waals surface area contributed by atoms with Crippen molar-refractivity contribution in [3.05, 3.63) is 42.4 Å². The van der Waals surface area contributed by atoms with Gasteiger partial charge < -0.3 is 14.4 Å². The number of hydrogen-bond acceptors (Lipinski definition) is 5. The van der Waals surface area contributed by atoms with Gasteiger partial charge in [0.2, 0.25) is 0 Å². The summed E-state index contributed by atoms with van der Waals surface area (Å²) in [5.41, 5.74) is 1.59. The zero-order valence-corrected chi connectivity index (χ0v) is 13.9. The molecule has 0 saturated carbocycles. The first-order valence-electron chi connectivity index (χ1n) is 8.36. The highest BCUT2D eigenvalue weighted by Gasteiger charge is 2.25. The minimum absolute atomic E-state index is 0.0517. The molecule has 2 heterocycles. The maximum absolute atomic E-state index is 12.6. The van der Waals surface area contributed by atoms with E-state index in [9.17, 15) is 9.90 Å². The Morgan fingerprint density at radius 3 is 2.50 bits per heavy atom. The molecule has 0 aliphatic carbocycles. The molecule has 0 unspecified atom stereocenters. The third-order valence-electron chi connectivity index (χ3n) is 4.65. The zero-order chi connectivity index (χ0) is 16.9. The van der Waals surface area contributed by atoms with E-state index >= 15 is 0 Å². The van der Waals surface area contributed by atoms with Crippen molar-refractivity contribution in [1.29, 1.82) is 0 Å². The Morgan fingerprint density at radius 2 is 1.96 bits per heavy atom. The minimum Gasteiger partial charge on any atom is -0.444 e. The molecule has 128 valence electrons. The van der Waals surface area contributed by atoms with Crippen LogP contribution in [0.25, 0.3) is 11.3 Å². The topological polar surface area (TPSA) is 69.8 Å². The molecule has 1 aromatic heterocycles. The fourth-order valence-corrected chi connectivity index (χ4v) is 3.11. The van der Waals surface area contributed by atoms with E-state index in [1.165, 1.54) is 6.39 Å². The molecule has 6 heteroatoms. The molecule has 1 atom stereocenters. The van der Waals surface area contributed by atoms with Gasteiger partial charge in [-0.05, 0) is 18.6 Å². The van der Waals surface area contributed by atoms with Crippen LogP contribution in [0.2, 0.25) is 0 Å². The average Bonchev–Trinajstić information content (AvgIpc) is 3.18. The number of hydrogen-bond donors (Lipinski definition) is 1. The molecule has 1 aliphatic rings. The summed E-state index contributed by atoms with van der Waals surface area (Å²) in [6.07, 6.45) is 3.97. The van der Waals surface area contributed by atoms with Gasteiger partial charge in [0.15, 0.2) is 12.2 Å². The zero-order valence-electron chi connectivity index (χ0n) is 13.9. The largest absolute Gasteiger partial charge is 0.444 e. The standard InChI is InChI=1S/C18H23N3O3/c1-2-16(12-22)20-7-9-21(10-8-20)18(23)15-5-3-14(4-6-15)17-11-19-13-24-17/h3-6,11,13,16,22H,2,7-10,12H2,1H3/t16-/m1/s1. The number of piperazine rings is 1. The van der Waals surface area contributed by atoms with Crippen LogP contribution in [0.1, 0.15) is 23.7 Å². The summed E-state index contributed by atoms with van der Waals surface area (Å²) >= 11 is 0. The highest BCUT2D eigenvalue weighted by molar-refractivity contribution is 5.94. The molecule has 24 heavy (non-hydrogen) atoms. The molecular weight excluding hydrogens is 306 g/mol. The number of carbonyl (C=O) groups is 1. The number of carbonyl (C=O) groups excluding carboxylic acids is 1. The van der Waals surface area contributed by atoms with Crippen molar-refractivity contribution in [2.75, 3.05) is 32.8 Å². The third-order valence-corrected chi connectivity index (χ3v) is 4.65. The number of aliphatic hydroxyl groups is 1. The molecule has 0 radical (unpaired) electrons. The van der Waals surface area contributed by atoms with Gasteiger partial charge >= 0.3 is 0 Å². The molecular formula is C18H23N3O3. The lowest BCUT2D eigenvalue weighted by Crippen LogP contribution is -2.52. The maximum Gasteiger partial charge on any atom is 0.253 e. The number of aromatic nitrogens is 1. The normalized spacial score (nSPS) is 17.0. The second-order valence-corrected chi connectivity index (χ2v) is 6.02. The predicted molar refractivity (Wildman–Crippen MR) is 90.6 cm³/mol. The van der Waals surface area contributed by atoms with E-state index in [2.05, 4.69) is 16.8 Å². The number of benzene rings is 1. The number of aliphatic hydroxyl groups excluding tert-OH is 1. The number of amides is 1. The van der Waals surface area contributed by atoms with Crippen LogP contribution < -0.4 is 0 Å². The van der Waals surface area contributed by atoms with Crippen LogP contribution in [0.5, 0.6) is 0 Å². The second kappa shape index (κ2) is 7.59. The van der Waals surface area contributed by atoms with E-state index in [1.54, 1.807) is 6.20 Å². The molecule has 1 aromatic carbocycles. The van der Waals surface area contributed by atoms with Gasteiger partial charge in [-0.1, -0.05) is 19.1 Å². The van der Waals surface area contributed by atoms with Crippen LogP contribution in [0, 0.1) is 0 Å². The summed E-state index contributed by atoms with van der Waals surface area (Å²) in [5.74, 6) is 0.744. The molecule has 0 spiro atoms. The first-order valence-corrected chi connectivity index (χ1v) is 8.36. The highest BCUT2D eigenvalue weighted by Crippen LogP contribution is 2.20. The van der Waals surface area contributed by atoms with Gasteiger partial charge in [0.25, 0.3) is 5.91 Å². The molecule has 6 nitrogen and oxygen atoms in total. The quantitative estimate of drug-likeness (QED) is 0.907. The Bertz CT molecular complexity index is 643. The van der Waals surface area contributed by atoms with Gasteiger partial charge in [-0.3, -0.25) is 9.69 Å². The molecule has 2 aromatic rings. The second-order valence-electron chi connectivity index (χ2n) is 6.02. The molecule has 1 aliphatic heterocycles. The minimum atomic E-state index is 0.0517. The fourth-order valence-electron chi connectivity index (χ4n) is 3.11. The van der Waals surface area contributed by atoms with Crippen LogP contribution in [0.3, 0.4) is 0 Å². The van der Waals surface area contributed by atoms with Crippen molar-refractivity contribution in [2.24, 2.45) is 0 Å². The highest BCUT2D eigenvalue weighted by atomic mass is 16.3. The average molecular weight is 329 g/mol. The van der Waals surface area contributed by atoms with Crippen LogP contribution in [-0.4, -0.2) is 64.6 Å². The SMILES string of the molecule is CC[C@H](CO)N1CCN(C(=O)c2ccc(-c3cnco3)cc2)CC1. The molecule has 0 bridgehead atoms. The Kier molecular flexibility index (Phi) is 5.27. The third kappa shape index (κ3) is 3.49. The van der Waals surface area contributed by atoms with Gasteiger partial charge in [-0.25, -0.2) is 4.98 Å². The van der Waals surface area contributed by atoms with E-state index < -0.39 is 0 Å². The van der Waals surface area contributed by atoms with E-state index in [1.807, 2.05) is 29.2 Å². The first kappa shape index (κ1) is 16.7. The van der Waals surface area contributed by atoms with Crippen LogP contribution in [0.4, 0.5) is 0 Å². The Labute approximate surface area is 141 Å². The van der Waals surface area contributed by atoms with Gasteiger partial charge in [-0.15, -0.1) is 0 Å². The summed E-state index contributed by atoms with van der Waals surface area (Å²) in [5, 5.41) is 9.40.